The average molecular weight is 268 g/mol. The van der Waals surface area contributed by atoms with Crippen molar-refractivity contribution in [3.63, 3.8) is 0 Å². The fraction of sp³-hybridized carbons (Fsp3) is 0.143. The molecule has 2 N–H and O–H groups in total. The number of hydrogen-bond acceptors (Lipinski definition) is 5. The zero-order valence-corrected chi connectivity index (χ0v) is 9.06. The molecule has 0 aromatic carbocycles. The summed E-state index contributed by atoms with van der Waals surface area (Å²) in [6.45, 7) is 0. The van der Waals surface area contributed by atoms with Crippen LogP contribution in [0.2, 0.25) is 0 Å². The van der Waals surface area contributed by atoms with Crippen LogP contribution in [0.15, 0.2) is 11.0 Å². The van der Waals surface area contributed by atoms with E-state index in [2.05, 4.69) is 4.98 Å². The quantitative estimate of drug-likeness (QED) is 0.817. The minimum atomic E-state index is -4.40. The molecule has 1 heterocycles. The lowest BCUT2D eigenvalue weighted by atomic mass is 10.2. The molecule has 0 amide bonds. The first kappa shape index (κ1) is 12.6. The van der Waals surface area contributed by atoms with Gasteiger partial charge in [-0.15, -0.1) is 0 Å². The first-order valence-electron chi connectivity index (χ1n) is 3.70. The predicted molar refractivity (Wildman–Crippen MR) is 51.4 cm³/mol. The van der Waals surface area contributed by atoms with Crippen LogP contribution in [0.25, 0.3) is 0 Å². The number of hydrogen-bond donors (Lipinski definition) is 1. The molecule has 0 atom stereocenters. The molecule has 1 aromatic heterocycles. The molecule has 16 heavy (non-hydrogen) atoms. The van der Waals surface area contributed by atoms with E-state index in [4.69, 9.17) is 21.7 Å². The molecule has 86 valence electrons. The number of aromatic nitrogens is 1. The average Bonchev–Trinajstić information content (AvgIpc) is 2.15. The van der Waals surface area contributed by atoms with E-state index in [0.29, 0.717) is 6.07 Å². The molecule has 1 aromatic rings. The Morgan fingerprint density at radius 1 is 1.56 bits per heavy atom. The predicted octanol–water partition coefficient (Wildman–Crippen LogP) is 1.40. The molecule has 0 saturated carbocycles. The van der Waals surface area contributed by atoms with Crippen LogP contribution in [0, 0.1) is 11.3 Å². The van der Waals surface area contributed by atoms with Crippen molar-refractivity contribution in [1.82, 2.24) is 4.98 Å². The summed E-state index contributed by atoms with van der Waals surface area (Å²) in [6.07, 6.45) is -3.15. The van der Waals surface area contributed by atoms with Crippen LogP contribution in [-0.4, -0.2) is 13.4 Å². The van der Waals surface area contributed by atoms with Gasteiger partial charge in [0.05, 0.1) is 5.56 Å². The summed E-state index contributed by atoms with van der Waals surface area (Å²) in [5.74, 6) is -0.470. The highest BCUT2D eigenvalue weighted by molar-refractivity contribution is 8.13. The molecule has 0 unspecified atom stereocenters. The second-order valence-corrected chi connectivity index (χ2v) is 5.19. The van der Waals surface area contributed by atoms with Crippen LogP contribution in [0.4, 0.5) is 14.6 Å². The zero-order valence-electron chi connectivity index (χ0n) is 7.49. The Morgan fingerprint density at radius 2 is 2.12 bits per heavy atom. The third kappa shape index (κ3) is 2.37. The fourth-order valence-corrected chi connectivity index (χ4v) is 1.98. The smallest absolute Gasteiger partial charge is 0.281 e. The Kier molecular flexibility index (Phi) is 3.30. The molecule has 1 rings (SSSR count). The van der Waals surface area contributed by atoms with E-state index in [-0.39, 0.29) is 5.56 Å². The van der Waals surface area contributed by atoms with Gasteiger partial charge in [0, 0.05) is 10.7 Å². The molecular formula is C7H4ClF2N3O2S. The summed E-state index contributed by atoms with van der Waals surface area (Å²) in [5.41, 5.74) is 3.78. The summed E-state index contributed by atoms with van der Waals surface area (Å²) >= 11 is 0. The number of nitrogens with two attached hydrogens (primary N) is 1. The molecule has 0 bridgehead atoms. The van der Waals surface area contributed by atoms with E-state index in [1.165, 1.54) is 6.07 Å². The lowest BCUT2D eigenvalue weighted by Gasteiger charge is -2.06. The van der Waals surface area contributed by atoms with Gasteiger partial charge in [-0.3, -0.25) is 0 Å². The van der Waals surface area contributed by atoms with Crippen molar-refractivity contribution >= 4 is 25.6 Å². The van der Waals surface area contributed by atoms with Gasteiger partial charge in [-0.05, 0) is 6.07 Å². The van der Waals surface area contributed by atoms with Gasteiger partial charge in [0.1, 0.15) is 22.5 Å². The topological polar surface area (TPSA) is 96.8 Å². The summed E-state index contributed by atoms with van der Waals surface area (Å²) in [7, 11) is 0.533. The van der Waals surface area contributed by atoms with Gasteiger partial charge in [-0.1, -0.05) is 0 Å². The molecule has 0 saturated heterocycles. The highest BCUT2D eigenvalue weighted by Crippen LogP contribution is 2.29. The van der Waals surface area contributed by atoms with Gasteiger partial charge < -0.3 is 5.73 Å². The van der Waals surface area contributed by atoms with Gasteiger partial charge in [-0.25, -0.2) is 22.2 Å². The van der Waals surface area contributed by atoms with E-state index >= 15 is 0 Å². The minimum absolute atomic E-state index is 0.330. The molecule has 0 fully saturated rings. The number of alkyl halides is 2. The molecule has 0 aliphatic rings. The van der Waals surface area contributed by atoms with Crippen LogP contribution >= 0.6 is 10.7 Å². The molecule has 0 aliphatic carbocycles. The van der Waals surface area contributed by atoms with Crippen LogP contribution in [-0.2, 0) is 9.05 Å². The van der Waals surface area contributed by atoms with Crippen LogP contribution < -0.4 is 5.73 Å². The molecule has 5 nitrogen and oxygen atoms in total. The Hall–Kier alpha value is -1.46. The lowest BCUT2D eigenvalue weighted by Crippen LogP contribution is -2.06. The number of anilines is 1. The maximum Gasteiger partial charge on any atom is 0.281 e. The molecular weight excluding hydrogens is 264 g/mol. The zero-order chi connectivity index (χ0) is 12.5. The second-order valence-electron chi connectivity index (χ2n) is 2.65. The summed E-state index contributed by atoms with van der Waals surface area (Å²) in [4.78, 5) is 2.24. The van der Waals surface area contributed by atoms with Gasteiger partial charge in [0.25, 0.3) is 15.5 Å². The van der Waals surface area contributed by atoms with Crippen molar-refractivity contribution in [2.24, 2.45) is 0 Å². The van der Waals surface area contributed by atoms with Crippen molar-refractivity contribution < 1.29 is 17.2 Å². The summed E-state index contributed by atoms with van der Waals surface area (Å²) in [6, 6.07) is 2.19. The molecule has 0 spiro atoms. The number of nitrogens with zero attached hydrogens (tertiary/aromatic N) is 2. The van der Waals surface area contributed by atoms with Crippen LogP contribution in [0.3, 0.4) is 0 Å². The number of halogens is 3. The maximum atomic E-state index is 12.4. The normalized spacial score (nSPS) is 11.4. The largest absolute Gasteiger partial charge is 0.383 e. The number of nitrogen functional groups attached to an aromatic ring is 1. The van der Waals surface area contributed by atoms with Crippen LogP contribution in [0.1, 0.15) is 17.7 Å². The van der Waals surface area contributed by atoms with E-state index in [1.807, 2.05) is 0 Å². The lowest BCUT2D eigenvalue weighted by molar-refractivity contribution is 0.142. The highest BCUT2D eigenvalue weighted by atomic mass is 35.7. The van der Waals surface area contributed by atoms with Gasteiger partial charge >= 0.3 is 0 Å². The van der Waals surface area contributed by atoms with Gasteiger partial charge in [0.15, 0.2) is 0 Å². The van der Waals surface area contributed by atoms with Crippen molar-refractivity contribution in [1.29, 1.82) is 5.26 Å². The number of nitriles is 1. The first-order valence-corrected chi connectivity index (χ1v) is 6.01. The van der Waals surface area contributed by atoms with Gasteiger partial charge in [0.2, 0.25) is 0 Å². The molecule has 9 heteroatoms. The monoisotopic (exact) mass is 267 g/mol. The Balaban J connectivity index is 3.64. The standard InChI is InChI=1S/C7H4ClF2N3O2S/c8-16(14,15)4-1-3(2-11)7(12)13-5(4)6(9)10/h1,6H,(H2,12,13). The summed E-state index contributed by atoms with van der Waals surface area (Å²) in [5, 5.41) is 8.54. The third-order valence-electron chi connectivity index (χ3n) is 1.63. The Morgan fingerprint density at radius 3 is 2.50 bits per heavy atom. The molecule has 0 radical (unpaired) electrons. The molecule has 0 aliphatic heterocycles. The van der Waals surface area contributed by atoms with Gasteiger partial charge in [-0.2, -0.15) is 5.26 Å². The highest BCUT2D eigenvalue weighted by Gasteiger charge is 2.25. The van der Waals surface area contributed by atoms with E-state index < -0.39 is 31.9 Å². The minimum Gasteiger partial charge on any atom is -0.383 e. The second kappa shape index (κ2) is 4.19. The first-order chi connectivity index (χ1) is 7.27. The maximum absolute atomic E-state index is 12.4. The van der Waals surface area contributed by atoms with E-state index in [0.717, 1.165) is 0 Å². The SMILES string of the molecule is N#Cc1cc(S(=O)(=O)Cl)c(C(F)F)nc1N. The van der Waals surface area contributed by atoms with Crippen molar-refractivity contribution in [3.8, 4) is 6.07 Å². The summed E-state index contributed by atoms with van der Waals surface area (Å²) < 4.78 is 46.9. The Bertz CT molecular complexity index is 568. The third-order valence-corrected chi connectivity index (χ3v) is 2.99. The van der Waals surface area contributed by atoms with E-state index in [1.54, 1.807) is 0 Å². The van der Waals surface area contributed by atoms with Crippen molar-refractivity contribution in [2.45, 2.75) is 11.3 Å². The number of pyridine rings is 1. The van der Waals surface area contributed by atoms with Crippen molar-refractivity contribution in [3.05, 3.63) is 17.3 Å². The van der Waals surface area contributed by atoms with E-state index in [9.17, 15) is 17.2 Å². The van der Waals surface area contributed by atoms with Crippen molar-refractivity contribution in [2.75, 3.05) is 5.73 Å². The Labute approximate surface area is 93.9 Å². The number of rotatable bonds is 2. The fourth-order valence-electron chi connectivity index (χ4n) is 0.965. The van der Waals surface area contributed by atoms with Crippen LogP contribution in [0.5, 0.6) is 0 Å².